The molecule has 0 unspecified atom stereocenters. The van der Waals surface area contributed by atoms with Crippen molar-refractivity contribution in [2.45, 2.75) is 6.92 Å². The van der Waals surface area contributed by atoms with Gasteiger partial charge in [-0.05, 0) is 13.0 Å². The second-order valence-electron chi connectivity index (χ2n) is 4.08. The third-order valence-electron chi connectivity index (χ3n) is 2.57. The van der Waals surface area contributed by atoms with Crippen molar-refractivity contribution >= 4 is 5.97 Å². The topological polar surface area (TPSA) is 66.2 Å². The predicted octanol–water partition coefficient (Wildman–Crippen LogP) is 1.34. The van der Waals surface area contributed by atoms with Crippen LogP contribution in [0.5, 0.6) is 6.01 Å². The van der Waals surface area contributed by atoms with Crippen molar-refractivity contribution < 1.29 is 14.3 Å². The smallest absolute Gasteiger partial charge is 0.344 e. The number of esters is 1. The summed E-state index contributed by atoms with van der Waals surface area (Å²) < 4.78 is 11.2. The van der Waals surface area contributed by atoms with Crippen LogP contribution in [0.25, 0.3) is 11.4 Å². The van der Waals surface area contributed by atoms with Gasteiger partial charge in [-0.3, -0.25) is 0 Å². The number of aryl methyl sites for hydroxylation is 2. The first-order valence-electron chi connectivity index (χ1n) is 5.78. The summed E-state index contributed by atoms with van der Waals surface area (Å²) in [6, 6.07) is 8.07. The molecule has 1 aromatic heterocycles. The molecule has 0 saturated heterocycles. The number of hydrogen-bond donors (Lipinski definition) is 0. The van der Waals surface area contributed by atoms with Crippen LogP contribution in [0.15, 0.2) is 24.3 Å². The molecule has 0 fully saturated rings. The number of ether oxygens (including phenoxy) is 2. The molecule has 6 heteroatoms. The molecule has 1 aromatic carbocycles. The van der Waals surface area contributed by atoms with Crippen LogP contribution in [0.2, 0.25) is 0 Å². The monoisotopic (exact) mass is 261 g/mol. The number of nitrogens with zero attached hydrogens (tertiary/aromatic N) is 3. The fourth-order valence-electron chi connectivity index (χ4n) is 1.64. The average Bonchev–Trinajstić information content (AvgIpc) is 2.77. The molecule has 100 valence electrons. The summed E-state index contributed by atoms with van der Waals surface area (Å²) in [5.74, 6) is 0.216. The zero-order chi connectivity index (χ0) is 13.8. The zero-order valence-corrected chi connectivity index (χ0v) is 11.1. The number of carbonyl (C=O) groups excluding carboxylic acids is 1. The van der Waals surface area contributed by atoms with Crippen molar-refractivity contribution in [3.8, 4) is 17.4 Å². The van der Waals surface area contributed by atoms with E-state index in [0.29, 0.717) is 5.82 Å². The molecular weight excluding hydrogens is 246 g/mol. The van der Waals surface area contributed by atoms with Crippen LogP contribution in [0.4, 0.5) is 0 Å². The Bertz CT molecular complexity index is 593. The molecule has 0 radical (unpaired) electrons. The normalized spacial score (nSPS) is 10.3. The van der Waals surface area contributed by atoms with E-state index >= 15 is 0 Å². The molecular formula is C13H15N3O3. The number of methoxy groups -OCH3 is 1. The number of aromatic nitrogens is 3. The summed E-state index contributed by atoms with van der Waals surface area (Å²) in [7, 11) is 3.07. The SMILES string of the molecule is COC(=O)COc1nc(-c2cccc(C)c2)n(C)n1. The number of rotatable bonds is 4. The number of carbonyl (C=O) groups is 1. The maximum absolute atomic E-state index is 11.0. The van der Waals surface area contributed by atoms with E-state index in [9.17, 15) is 4.79 Å². The third-order valence-corrected chi connectivity index (χ3v) is 2.57. The van der Waals surface area contributed by atoms with E-state index in [2.05, 4.69) is 14.8 Å². The van der Waals surface area contributed by atoms with E-state index in [0.717, 1.165) is 11.1 Å². The van der Waals surface area contributed by atoms with Crippen LogP contribution >= 0.6 is 0 Å². The van der Waals surface area contributed by atoms with Crippen LogP contribution < -0.4 is 4.74 Å². The molecule has 0 saturated carbocycles. The van der Waals surface area contributed by atoms with Crippen LogP contribution in [-0.2, 0) is 16.6 Å². The van der Waals surface area contributed by atoms with Crippen molar-refractivity contribution in [2.24, 2.45) is 7.05 Å². The summed E-state index contributed by atoms with van der Waals surface area (Å²) in [6.45, 7) is 1.81. The first-order valence-corrected chi connectivity index (χ1v) is 5.78. The third kappa shape index (κ3) is 3.09. The van der Waals surface area contributed by atoms with Gasteiger partial charge in [0, 0.05) is 12.6 Å². The molecule has 0 bridgehead atoms. The van der Waals surface area contributed by atoms with Crippen molar-refractivity contribution in [1.82, 2.24) is 14.8 Å². The highest BCUT2D eigenvalue weighted by Gasteiger charge is 2.12. The second-order valence-corrected chi connectivity index (χ2v) is 4.08. The van der Waals surface area contributed by atoms with Gasteiger partial charge in [0.1, 0.15) is 0 Å². The van der Waals surface area contributed by atoms with E-state index < -0.39 is 5.97 Å². The van der Waals surface area contributed by atoms with Crippen LogP contribution in [-0.4, -0.2) is 34.5 Å². The molecule has 0 aliphatic rings. The summed E-state index contributed by atoms with van der Waals surface area (Å²) in [6.07, 6.45) is 0. The van der Waals surface area contributed by atoms with E-state index in [1.807, 2.05) is 31.2 Å². The largest absolute Gasteiger partial charge is 0.466 e. The standard InChI is InChI=1S/C13H15N3O3/c1-9-5-4-6-10(7-9)12-14-13(15-16(12)2)19-8-11(17)18-3/h4-7H,8H2,1-3H3. The quantitative estimate of drug-likeness (QED) is 0.777. The molecule has 2 rings (SSSR count). The lowest BCUT2D eigenvalue weighted by Gasteiger charge is -2.00. The van der Waals surface area contributed by atoms with Gasteiger partial charge in [0.2, 0.25) is 0 Å². The van der Waals surface area contributed by atoms with Gasteiger partial charge in [-0.15, -0.1) is 5.10 Å². The van der Waals surface area contributed by atoms with Gasteiger partial charge in [-0.25, -0.2) is 9.48 Å². The minimum atomic E-state index is -0.468. The lowest BCUT2D eigenvalue weighted by Crippen LogP contribution is -2.13. The summed E-state index contributed by atoms with van der Waals surface area (Å²) in [4.78, 5) is 15.2. The van der Waals surface area contributed by atoms with Crippen molar-refractivity contribution in [3.05, 3.63) is 29.8 Å². The summed E-state index contributed by atoms with van der Waals surface area (Å²) in [5, 5.41) is 4.10. The second kappa shape index (κ2) is 5.51. The van der Waals surface area contributed by atoms with Crippen LogP contribution in [0.1, 0.15) is 5.56 Å². The molecule has 0 spiro atoms. The number of benzene rings is 1. The highest BCUT2D eigenvalue weighted by molar-refractivity contribution is 5.70. The van der Waals surface area contributed by atoms with Crippen molar-refractivity contribution in [1.29, 1.82) is 0 Å². The Morgan fingerprint density at radius 2 is 2.21 bits per heavy atom. The highest BCUT2D eigenvalue weighted by Crippen LogP contribution is 2.19. The lowest BCUT2D eigenvalue weighted by atomic mass is 10.1. The summed E-state index contributed by atoms with van der Waals surface area (Å²) >= 11 is 0. The first-order chi connectivity index (χ1) is 9.10. The Labute approximate surface area is 111 Å². The first kappa shape index (κ1) is 13.1. The molecule has 0 N–H and O–H groups in total. The molecule has 0 aliphatic carbocycles. The molecule has 0 atom stereocenters. The van der Waals surface area contributed by atoms with E-state index in [-0.39, 0.29) is 12.6 Å². The fraction of sp³-hybridized carbons (Fsp3) is 0.308. The maximum Gasteiger partial charge on any atom is 0.344 e. The van der Waals surface area contributed by atoms with Gasteiger partial charge in [-0.2, -0.15) is 4.98 Å². The molecule has 2 aromatic rings. The highest BCUT2D eigenvalue weighted by atomic mass is 16.6. The Morgan fingerprint density at radius 3 is 2.89 bits per heavy atom. The molecule has 0 aliphatic heterocycles. The molecule has 19 heavy (non-hydrogen) atoms. The Balaban J connectivity index is 2.19. The van der Waals surface area contributed by atoms with Gasteiger partial charge in [0.05, 0.1) is 7.11 Å². The Morgan fingerprint density at radius 1 is 1.42 bits per heavy atom. The van der Waals surface area contributed by atoms with Crippen LogP contribution in [0, 0.1) is 6.92 Å². The van der Waals surface area contributed by atoms with Gasteiger partial charge in [0.15, 0.2) is 12.4 Å². The van der Waals surface area contributed by atoms with E-state index in [1.54, 1.807) is 11.7 Å². The van der Waals surface area contributed by atoms with E-state index in [4.69, 9.17) is 4.74 Å². The minimum absolute atomic E-state index is 0.157. The van der Waals surface area contributed by atoms with Gasteiger partial charge in [0.25, 0.3) is 0 Å². The zero-order valence-electron chi connectivity index (χ0n) is 11.1. The molecule has 6 nitrogen and oxygen atoms in total. The van der Waals surface area contributed by atoms with Crippen LogP contribution in [0.3, 0.4) is 0 Å². The Kier molecular flexibility index (Phi) is 3.79. The number of hydrogen-bond acceptors (Lipinski definition) is 5. The van der Waals surface area contributed by atoms with Gasteiger partial charge < -0.3 is 9.47 Å². The van der Waals surface area contributed by atoms with E-state index in [1.165, 1.54) is 7.11 Å². The maximum atomic E-state index is 11.0. The summed E-state index contributed by atoms with van der Waals surface area (Å²) in [5.41, 5.74) is 2.08. The average molecular weight is 261 g/mol. The minimum Gasteiger partial charge on any atom is -0.466 e. The lowest BCUT2D eigenvalue weighted by molar-refractivity contribution is -0.143. The Hall–Kier alpha value is -2.37. The molecule has 0 amide bonds. The molecule has 1 heterocycles. The van der Waals surface area contributed by atoms with Gasteiger partial charge in [-0.1, -0.05) is 23.8 Å². The van der Waals surface area contributed by atoms with Crippen molar-refractivity contribution in [3.63, 3.8) is 0 Å². The fourth-order valence-corrected chi connectivity index (χ4v) is 1.64. The van der Waals surface area contributed by atoms with Gasteiger partial charge >= 0.3 is 12.0 Å². The van der Waals surface area contributed by atoms with Crippen molar-refractivity contribution in [2.75, 3.05) is 13.7 Å². The predicted molar refractivity (Wildman–Crippen MR) is 68.7 cm³/mol.